The summed E-state index contributed by atoms with van der Waals surface area (Å²) in [5, 5.41) is 8.96. The molecule has 0 aliphatic heterocycles. The molecule has 8 nitrogen and oxygen atoms in total. The van der Waals surface area contributed by atoms with Gasteiger partial charge in [0.1, 0.15) is 5.76 Å². The van der Waals surface area contributed by atoms with Crippen LogP contribution in [0.15, 0.2) is 71.3 Å². The van der Waals surface area contributed by atoms with Crippen molar-refractivity contribution in [2.45, 2.75) is 32.4 Å². The zero-order valence-electron chi connectivity index (χ0n) is 17.2. The number of hydrogen-bond acceptors (Lipinski definition) is 6. The Bertz CT molecular complexity index is 1030. The fraction of sp³-hybridized carbons (Fsp3) is 0.217. The number of anilines is 1. The summed E-state index contributed by atoms with van der Waals surface area (Å²) in [4.78, 5) is 38.2. The molecule has 0 bridgehead atoms. The first-order valence-corrected chi connectivity index (χ1v) is 9.83. The van der Waals surface area contributed by atoms with Crippen LogP contribution in [-0.2, 0) is 14.3 Å². The smallest absolute Gasteiger partial charge is 0.334 e. The number of benzene rings is 2. The van der Waals surface area contributed by atoms with E-state index in [4.69, 9.17) is 9.26 Å². The molecule has 0 aliphatic carbocycles. The van der Waals surface area contributed by atoms with E-state index >= 15 is 0 Å². The number of amides is 2. The molecule has 1 aromatic heterocycles. The van der Waals surface area contributed by atoms with E-state index in [1.165, 1.54) is 0 Å². The predicted octanol–water partition coefficient (Wildman–Crippen LogP) is 3.41. The highest BCUT2D eigenvalue weighted by molar-refractivity contribution is 5.98. The molecule has 160 valence electrons. The van der Waals surface area contributed by atoms with Gasteiger partial charge in [-0.1, -0.05) is 60.6 Å². The zero-order chi connectivity index (χ0) is 22.2. The van der Waals surface area contributed by atoms with E-state index in [1.807, 2.05) is 0 Å². The quantitative estimate of drug-likeness (QED) is 0.539. The summed E-state index contributed by atoms with van der Waals surface area (Å²) in [5.41, 5.74) is 0.946. The number of nitrogens with zero attached hydrogens (tertiary/aromatic N) is 1. The Balaban J connectivity index is 1.75. The lowest BCUT2D eigenvalue weighted by atomic mass is 10.1. The van der Waals surface area contributed by atoms with Crippen LogP contribution in [0.3, 0.4) is 0 Å². The normalized spacial score (nSPS) is 12.5. The zero-order valence-corrected chi connectivity index (χ0v) is 17.2. The monoisotopic (exact) mass is 421 g/mol. The third-order valence-corrected chi connectivity index (χ3v) is 4.48. The van der Waals surface area contributed by atoms with Gasteiger partial charge in [-0.25, -0.2) is 4.79 Å². The van der Waals surface area contributed by atoms with E-state index in [9.17, 15) is 14.4 Å². The summed E-state index contributed by atoms with van der Waals surface area (Å²) < 4.78 is 10.4. The Hall–Kier alpha value is -3.94. The van der Waals surface area contributed by atoms with E-state index < -0.39 is 29.9 Å². The second-order valence-electron chi connectivity index (χ2n) is 6.83. The largest absolute Gasteiger partial charge is 0.450 e. The number of carbonyl (C=O) groups is 3. The van der Waals surface area contributed by atoms with Gasteiger partial charge in [0, 0.05) is 11.6 Å². The minimum absolute atomic E-state index is 0.231. The Morgan fingerprint density at radius 3 is 2.26 bits per heavy atom. The lowest BCUT2D eigenvalue weighted by Crippen LogP contribution is -2.39. The van der Waals surface area contributed by atoms with Gasteiger partial charge in [-0.15, -0.1) is 0 Å². The van der Waals surface area contributed by atoms with Crippen LogP contribution >= 0.6 is 0 Å². The maximum Gasteiger partial charge on any atom is 0.334 e. The average molecular weight is 421 g/mol. The second kappa shape index (κ2) is 10.2. The molecule has 0 aliphatic rings. The lowest BCUT2D eigenvalue weighted by molar-refractivity contribution is -0.156. The van der Waals surface area contributed by atoms with Crippen LogP contribution < -0.4 is 10.6 Å². The molecular weight excluding hydrogens is 398 g/mol. The fourth-order valence-electron chi connectivity index (χ4n) is 2.89. The van der Waals surface area contributed by atoms with Crippen molar-refractivity contribution in [1.82, 2.24) is 10.5 Å². The van der Waals surface area contributed by atoms with Gasteiger partial charge in [-0.3, -0.25) is 9.59 Å². The van der Waals surface area contributed by atoms with Crippen molar-refractivity contribution in [2.75, 3.05) is 5.32 Å². The molecule has 3 rings (SSSR count). The SMILES string of the molecule is CC[C@H](OC(=O)[C@@H](NC(=O)c1ccccc1)c1ccccc1)C(=O)Nc1cc(C)on1. The van der Waals surface area contributed by atoms with E-state index in [0.717, 1.165) is 0 Å². The van der Waals surface area contributed by atoms with Gasteiger partial charge in [0.15, 0.2) is 18.0 Å². The molecular formula is C23H23N3O5. The van der Waals surface area contributed by atoms with Crippen LogP contribution in [0.2, 0.25) is 0 Å². The van der Waals surface area contributed by atoms with Crippen molar-refractivity contribution < 1.29 is 23.6 Å². The molecule has 0 saturated heterocycles. The number of rotatable bonds is 8. The highest BCUT2D eigenvalue weighted by Gasteiger charge is 2.29. The van der Waals surface area contributed by atoms with Gasteiger partial charge in [0.05, 0.1) is 0 Å². The van der Waals surface area contributed by atoms with Gasteiger partial charge in [-0.05, 0) is 31.0 Å². The van der Waals surface area contributed by atoms with Gasteiger partial charge >= 0.3 is 5.97 Å². The molecule has 8 heteroatoms. The minimum Gasteiger partial charge on any atom is -0.450 e. The molecule has 2 amide bonds. The number of aryl methyl sites for hydroxylation is 1. The Kier molecular flexibility index (Phi) is 7.16. The van der Waals surface area contributed by atoms with Gasteiger partial charge < -0.3 is 19.9 Å². The van der Waals surface area contributed by atoms with Gasteiger partial charge in [-0.2, -0.15) is 0 Å². The predicted molar refractivity (Wildman–Crippen MR) is 113 cm³/mol. The molecule has 31 heavy (non-hydrogen) atoms. The van der Waals surface area contributed by atoms with Crippen molar-refractivity contribution in [3.8, 4) is 0 Å². The summed E-state index contributed by atoms with van der Waals surface area (Å²) in [6, 6.07) is 17.7. The van der Waals surface area contributed by atoms with Crippen molar-refractivity contribution in [2.24, 2.45) is 0 Å². The van der Waals surface area contributed by atoms with Crippen molar-refractivity contribution in [3.05, 3.63) is 83.6 Å². The number of hydrogen-bond donors (Lipinski definition) is 2. The standard InChI is InChI=1S/C23H23N3O5/c1-3-18(22(28)24-19-14-15(2)31-26-19)30-23(29)20(16-10-6-4-7-11-16)25-21(27)17-12-8-5-9-13-17/h4-14,18,20H,3H2,1-2H3,(H,25,27)(H,24,26,28)/t18-,20-/m0/s1. The Morgan fingerprint density at radius 2 is 1.68 bits per heavy atom. The molecule has 3 aromatic rings. The first kappa shape index (κ1) is 21.8. The van der Waals surface area contributed by atoms with Crippen LogP contribution in [0.4, 0.5) is 5.82 Å². The van der Waals surface area contributed by atoms with Crippen molar-refractivity contribution in [1.29, 1.82) is 0 Å². The summed E-state index contributed by atoms with van der Waals surface area (Å²) in [6.45, 7) is 3.41. The van der Waals surface area contributed by atoms with Crippen molar-refractivity contribution >= 4 is 23.6 Å². The third kappa shape index (κ3) is 5.79. The number of aromatic nitrogens is 1. The molecule has 0 unspecified atom stereocenters. The van der Waals surface area contributed by atoms with E-state index in [1.54, 1.807) is 80.6 Å². The van der Waals surface area contributed by atoms with Gasteiger partial charge in [0.25, 0.3) is 11.8 Å². The molecule has 2 atom stereocenters. The number of nitrogens with one attached hydrogen (secondary N) is 2. The number of esters is 1. The minimum atomic E-state index is -1.08. The van der Waals surface area contributed by atoms with E-state index in [-0.39, 0.29) is 12.2 Å². The maximum absolute atomic E-state index is 13.0. The number of ether oxygens (including phenoxy) is 1. The highest BCUT2D eigenvalue weighted by atomic mass is 16.5. The van der Waals surface area contributed by atoms with Crippen LogP contribution in [-0.4, -0.2) is 29.0 Å². The summed E-state index contributed by atoms with van der Waals surface area (Å²) in [6.07, 6.45) is -0.827. The lowest BCUT2D eigenvalue weighted by Gasteiger charge is -2.21. The maximum atomic E-state index is 13.0. The summed E-state index contributed by atoms with van der Waals surface area (Å²) in [7, 11) is 0. The van der Waals surface area contributed by atoms with E-state index in [0.29, 0.717) is 16.9 Å². The Labute approximate surface area is 179 Å². The molecule has 0 radical (unpaired) electrons. The molecule has 2 N–H and O–H groups in total. The molecule has 1 heterocycles. The topological polar surface area (TPSA) is 111 Å². The van der Waals surface area contributed by atoms with Crippen LogP contribution in [0.25, 0.3) is 0 Å². The first-order chi connectivity index (χ1) is 15.0. The second-order valence-corrected chi connectivity index (χ2v) is 6.83. The number of carbonyl (C=O) groups excluding carboxylic acids is 3. The summed E-state index contributed by atoms with van der Waals surface area (Å²) >= 11 is 0. The summed E-state index contributed by atoms with van der Waals surface area (Å²) in [5.74, 6) is -0.941. The Morgan fingerprint density at radius 1 is 1.03 bits per heavy atom. The average Bonchev–Trinajstić information content (AvgIpc) is 3.20. The van der Waals surface area contributed by atoms with Crippen molar-refractivity contribution in [3.63, 3.8) is 0 Å². The fourth-order valence-corrected chi connectivity index (χ4v) is 2.89. The molecule has 0 saturated carbocycles. The molecule has 2 aromatic carbocycles. The van der Waals surface area contributed by atoms with Crippen LogP contribution in [0.1, 0.15) is 41.1 Å². The van der Waals surface area contributed by atoms with Crippen LogP contribution in [0.5, 0.6) is 0 Å². The van der Waals surface area contributed by atoms with Crippen LogP contribution in [0, 0.1) is 6.92 Å². The first-order valence-electron chi connectivity index (χ1n) is 9.83. The molecule has 0 spiro atoms. The molecule has 0 fully saturated rings. The van der Waals surface area contributed by atoms with Gasteiger partial charge in [0.2, 0.25) is 0 Å². The van der Waals surface area contributed by atoms with E-state index in [2.05, 4.69) is 15.8 Å². The highest BCUT2D eigenvalue weighted by Crippen LogP contribution is 2.18. The third-order valence-electron chi connectivity index (χ3n) is 4.48.